The summed E-state index contributed by atoms with van der Waals surface area (Å²) in [6.45, 7) is 7.27. The quantitative estimate of drug-likeness (QED) is 0.645. The molecule has 1 amide bonds. The number of carbonyl (C=O) groups is 1. The van der Waals surface area contributed by atoms with Crippen molar-refractivity contribution in [1.29, 1.82) is 0 Å². The maximum absolute atomic E-state index is 12.8. The third-order valence-corrected chi connectivity index (χ3v) is 7.75. The SMILES string of the molecule is Cc1cc(C)c(S(=O)(=O)NCC2CCN(C(=O)c3cc4ccccc4o3)CC2)cc1C. The van der Waals surface area contributed by atoms with E-state index in [4.69, 9.17) is 4.42 Å². The van der Waals surface area contributed by atoms with Crippen LogP contribution in [0, 0.1) is 26.7 Å². The van der Waals surface area contributed by atoms with Crippen LogP contribution in [0.2, 0.25) is 0 Å². The topological polar surface area (TPSA) is 79.6 Å². The minimum atomic E-state index is -3.56. The van der Waals surface area contributed by atoms with Gasteiger partial charge in [-0.25, -0.2) is 13.1 Å². The number of amides is 1. The van der Waals surface area contributed by atoms with Crippen LogP contribution in [0.25, 0.3) is 11.0 Å². The maximum Gasteiger partial charge on any atom is 0.289 e. The van der Waals surface area contributed by atoms with Crippen LogP contribution in [0.3, 0.4) is 0 Å². The average molecular weight is 441 g/mol. The zero-order valence-electron chi connectivity index (χ0n) is 18.1. The molecular weight excluding hydrogens is 412 g/mol. The number of sulfonamides is 1. The number of fused-ring (bicyclic) bond motifs is 1. The number of carbonyl (C=O) groups excluding carboxylic acids is 1. The van der Waals surface area contributed by atoms with E-state index in [2.05, 4.69) is 4.72 Å². The van der Waals surface area contributed by atoms with Crippen LogP contribution < -0.4 is 4.72 Å². The number of rotatable bonds is 5. The van der Waals surface area contributed by atoms with Crippen molar-refractivity contribution >= 4 is 26.9 Å². The molecule has 0 aliphatic carbocycles. The van der Waals surface area contributed by atoms with Crippen LogP contribution in [0.15, 0.2) is 51.8 Å². The third kappa shape index (κ3) is 4.52. The number of aryl methyl sites for hydroxylation is 3. The molecule has 1 aromatic heterocycles. The first kappa shape index (κ1) is 21.6. The van der Waals surface area contributed by atoms with E-state index in [0.717, 1.165) is 34.9 Å². The second kappa shape index (κ2) is 8.48. The summed E-state index contributed by atoms with van der Waals surface area (Å²) in [6, 6.07) is 13.0. The van der Waals surface area contributed by atoms with E-state index in [1.807, 2.05) is 51.1 Å². The summed E-state index contributed by atoms with van der Waals surface area (Å²) in [5.41, 5.74) is 3.50. The minimum absolute atomic E-state index is 0.110. The van der Waals surface area contributed by atoms with Crippen LogP contribution >= 0.6 is 0 Å². The fourth-order valence-electron chi connectivity index (χ4n) is 4.11. The molecule has 2 heterocycles. The summed E-state index contributed by atoms with van der Waals surface area (Å²) in [6.07, 6.45) is 1.50. The molecule has 164 valence electrons. The van der Waals surface area contributed by atoms with E-state index in [1.54, 1.807) is 17.0 Å². The average Bonchev–Trinajstić information content (AvgIpc) is 3.19. The van der Waals surface area contributed by atoms with Gasteiger partial charge in [0.1, 0.15) is 5.58 Å². The van der Waals surface area contributed by atoms with E-state index >= 15 is 0 Å². The minimum Gasteiger partial charge on any atom is -0.451 e. The molecule has 1 aliphatic heterocycles. The molecule has 0 bridgehead atoms. The van der Waals surface area contributed by atoms with E-state index in [9.17, 15) is 13.2 Å². The Morgan fingerprint density at radius 3 is 2.42 bits per heavy atom. The smallest absolute Gasteiger partial charge is 0.289 e. The van der Waals surface area contributed by atoms with E-state index < -0.39 is 10.0 Å². The van der Waals surface area contributed by atoms with Gasteiger partial charge >= 0.3 is 0 Å². The van der Waals surface area contributed by atoms with Crippen molar-refractivity contribution in [1.82, 2.24) is 9.62 Å². The van der Waals surface area contributed by atoms with Gasteiger partial charge < -0.3 is 9.32 Å². The Morgan fingerprint density at radius 1 is 1.03 bits per heavy atom. The van der Waals surface area contributed by atoms with Crippen molar-refractivity contribution in [2.45, 2.75) is 38.5 Å². The van der Waals surface area contributed by atoms with Gasteiger partial charge in [0.05, 0.1) is 4.90 Å². The molecule has 3 aromatic rings. The maximum atomic E-state index is 12.8. The fourth-order valence-corrected chi connectivity index (χ4v) is 5.54. The summed E-state index contributed by atoms with van der Waals surface area (Å²) in [5.74, 6) is 0.438. The Balaban J connectivity index is 1.35. The van der Waals surface area contributed by atoms with Gasteiger partial charge in [0.25, 0.3) is 5.91 Å². The highest BCUT2D eigenvalue weighted by Crippen LogP contribution is 2.24. The van der Waals surface area contributed by atoms with Gasteiger partial charge in [-0.05, 0) is 74.4 Å². The molecule has 1 fully saturated rings. The van der Waals surface area contributed by atoms with Crippen molar-refractivity contribution in [3.63, 3.8) is 0 Å². The summed E-state index contributed by atoms with van der Waals surface area (Å²) in [5, 5.41) is 0.914. The summed E-state index contributed by atoms with van der Waals surface area (Å²) in [7, 11) is -3.56. The lowest BCUT2D eigenvalue weighted by Gasteiger charge is -2.31. The van der Waals surface area contributed by atoms with E-state index in [0.29, 0.717) is 35.9 Å². The van der Waals surface area contributed by atoms with Crippen LogP contribution in [0.4, 0.5) is 0 Å². The highest BCUT2D eigenvalue weighted by atomic mass is 32.2. The molecule has 0 saturated carbocycles. The molecule has 7 heteroatoms. The number of likely N-dealkylation sites (tertiary alicyclic amines) is 1. The highest BCUT2D eigenvalue weighted by Gasteiger charge is 2.27. The van der Waals surface area contributed by atoms with Crippen molar-refractivity contribution in [3.05, 3.63) is 64.9 Å². The second-order valence-electron chi connectivity index (χ2n) is 8.44. The molecule has 31 heavy (non-hydrogen) atoms. The Labute approximate surface area is 183 Å². The first-order valence-electron chi connectivity index (χ1n) is 10.6. The Bertz CT molecular complexity index is 1190. The van der Waals surface area contributed by atoms with Crippen molar-refractivity contribution < 1.29 is 17.6 Å². The van der Waals surface area contributed by atoms with Gasteiger partial charge in [-0.2, -0.15) is 0 Å². The predicted octanol–water partition coefficient (Wildman–Crippen LogP) is 4.19. The number of piperidine rings is 1. The van der Waals surface area contributed by atoms with E-state index in [-0.39, 0.29) is 11.8 Å². The van der Waals surface area contributed by atoms with Crippen molar-refractivity contribution in [2.24, 2.45) is 5.92 Å². The molecule has 1 aliphatic rings. The third-order valence-electron chi connectivity index (χ3n) is 6.18. The van der Waals surface area contributed by atoms with E-state index in [1.165, 1.54) is 0 Å². The largest absolute Gasteiger partial charge is 0.451 e. The lowest BCUT2D eigenvalue weighted by molar-refractivity contribution is 0.0662. The second-order valence-corrected chi connectivity index (χ2v) is 10.2. The predicted molar refractivity (Wildman–Crippen MR) is 121 cm³/mol. The van der Waals surface area contributed by atoms with Gasteiger partial charge in [-0.3, -0.25) is 4.79 Å². The summed E-state index contributed by atoms with van der Waals surface area (Å²) < 4.78 is 34.1. The normalized spacial score (nSPS) is 15.5. The van der Waals surface area contributed by atoms with Crippen molar-refractivity contribution in [3.8, 4) is 0 Å². The van der Waals surface area contributed by atoms with Gasteiger partial charge in [-0.1, -0.05) is 24.3 Å². The zero-order chi connectivity index (χ0) is 22.2. The van der Waals surface area contributed by atoms with Crippen molar-refractivity contribution in [2.75, 3.05) is 19.6 Å². The Morgan fingerprint density at radius 2 is 1.71 bits per heavy atom. The van der Waals surface area contributed by atoms with Crippen LogP contribution in [-0.4, -0.2) is 38.9 Å². The molecule has 0 unspecified atom stereocenters. The first-order chi connectivity index (χ1) is 14.7. The number of benzene rings is 2. The number of hydrogen-bond acceptors (Lipinski definition) is 4. The molecule has 4 rings (SSSR count). The molecule has 2 aromatic carbocycles. The molecular formula is C24H28N2O4S. The number of nitrogens with one attached hydrogen (secondary N) is 1. The monoisotopic (exact) mass is 440 g/mol. The number of furan rings is 1. The molecule has 6 nitrogen and oxygen atoms in total. The summed E-state index contributed by atoms with van der Waals surface area (Å²) in [4.78, 5) is 14.9. The molecule has 0 spiro atoms. The first-order valence-corrected chi connectivity index (χ1v) is 12.1. The Kier molecular flexibility index (Phi) is 5.90. The number of para-hydroxylation sites is 1. The molecule has 0 atom stereocenters. The highest BCUT2D eigenvalue weighted by molar-refractivity contribution is 7.89. The molecule has 1 saturated heterocycles. The molecule has 0 radical (unpaired) electrons. The molecule has 1 N–H and O–H groups in total. The number of nitrogens with zero attached hydrogens (tertiary/aromatic N) is 1. The number of hydrogen-bond donors (Lipinski definition) is 1. The van der Waals surface area contributed by atoms with Crippen LogP contribution in [-0.2, 0) is 10.0 Å². The van der Waals surface area contributed by atoms with Gasteiger partial charge in [0.15, 0.2) is 5.76 Å². The zero-order valence-corrected chi connectivity index (χ0v) is 19.0. The van der Waals surface area contributed by atoms with Crippen LogP contribution in [0.5, 0.6) is 0 Å². The van der Waals surface area contributed by atoms with Gasteiger partial charge in [0.2, 0.25) is 10.0 Å². The summed E-state index contributed by atoms with van der Waals surface area (Å²) >= 11 is 0. The van der Waals surface area contributed by atoms with Gasteiger partial charge in [-0.15, -0.1) is 0 Å². The van der Waals surface area contributed by atoms with Gasteiger partial charge in [0, 0.05) is 25.0 Å². The lowest BCUT2D eigenvalue weighted by atomic mass is 9.97. The Hall–Kier alpha value is -2.64. The van der Waals surface area contributed by atoms with Crippen LogP contribution in [0.1, 0.15) is 40.1 Å². The fraction of sp³-hybridized carbons (Fsp3) is 0.375. The standard InChI is InChI=1S/C24H28N2O4S/c1-16-12-18(3)23(13-17(16)2)31(28,29)25-15-19-8-10-26(11-9-19)24(27)22-14-20-6-4-5-7-21(20)30-22/h4-7,12-14,19,25H,8-11,15H2,1-3H3. The lowest BCUT2D eigenvalue weighted by Crippen LogP contribution is -2.41.